The van der Waals surface area contributed by atoms with Crippen molar-refractivity contribution in [2.45, 2.75) is 44.8 Å². The number of hydrogen-bond acceptors (Lipinski definition) is 6. The van der Waals surface area contributed by atoms with Gasteiger partial charge in [0.1, 0.15) is 5.76 Å². The molecule has 1 saturated heterocycles. The second kappa shape index (κ2) is 6.42. The van der Waals surface area contributed by atoms with Gasteiger partial charge in [0.15, 0.2) is 12.6 Å². The summed E-state index contributed by atoms with van der Waals surface area (Å²) in [4.78, 5) is 12.5. The summed E-state index contributed by atoms with van der Waals surface area (Å²) in [6.07, 6.45) is 4.27. The molecular formula is C17H26O6. The largest absolute Gasteiger partial charge is 0.471 e. The van der Waals surface area contributed by atoms with E-state index in [0.29, 0.717) is 31.0 Å². The fourth-order valence-electron chi connectivity index (χ4n) is 4.51. The van der Waals surface area contributed by atoms with E-state index in [1.807, 2.05) is 0 Å². The molecule has 0 N–H and O–H groups in total. The van der Waals surface area contributed by atoms with Gasteiger partial charge >= 0.3 is 5.97 Å². The Morgan fingerprint density at radius 2 is 2.00 bits per heavy atom. The smallest absolute Gasteiger partial charge is 0.337 e. The molecule has 0 aromatic rings. The number of ether oxygens (including phenoxy) is 5. The van der Waals surface area contributed by atoms with E-state index in [2.05, 4.69) is 6.92 Å². The van der Waals surface area contributed by atoms with Gasteiger partial charge in [0.05, 0.1) is 25.9 Å². The standard InChI is InChI=1S/C17H26O6/c1-16-8-6-13(21-11-19-2)14(15(18)20-3)12(16)5-4-7-17(16)22-9-10-23-17/h12H,4-11H2,1-3H3/t12-,16-/m1/s1. The van der Waals surface area contributed by atoms with Crippen molar-refractivity contribution in [3.8, 4) is 0 Å². The predicted octanol–water partition coefficient (Wildman–Crippen LogP) is 2.38. The second-order valence-electron chi connectivity index (χ2n) is 6.69. The highest BCUT2D eigenvalue weighted by atomic mass is 16.7. The van der Waals surface area contributed by atoms with Gasteiger partial charge in [-0.2, -0.15) is 0 Å². The molecule has 0 radical (unpaired) electrons. The fraction of sp³-hybridized carbons (Fsp3) is 0.824. The van der Waals surface area contributed by atoms with Crippen molar-refractivity contribution in [1.29, 1.82) is 0 Å². The maximum Gasteiger partial charge on any atom is 0.337 e. The van der Waals surface area contributed by atoms with Crippen LogP contribution in [-0.4, -0.2) is 46.0 Å². The number of esters is 1. The molecule has 2 fully saturated rings. The van der Waals surface area contributed by atoms with Crippen LogP contribution >= 0.6 is 0 Å². The molecule has 1 saturated carbocycles. The second-order valence-corrected chi connectivity index (χ2v) is 6.69. The van der Waals surface area contributed by atoms with Crippen molar-refractivity contribution in [1.82, 2.24) is 0 Å². The third-order valence-corrected chi connectivity index (χ3v) is 5.67. The third kappa shape index (κ3) is 2.57. The number of carbonyl (C=O) groups excluding carboxylic acids is 1. The van der Waals surface area contributed by atoms with Crippen molar-refractivity contribution in [2.24, 2.45) is 11.3 Å². The predicted molar refractivity (Wildman–Crippen MR) is 81.3 cm³/mol. The van der Waals surface area contributed by atoms with E-state index in [1.54, 1.807) is 7.11 Å². The summed E-state index contributed by atoms with van der Waals surface area (Å²) in [5, 5.41) is 0. The van der Waals surface area contributed by atoms with E-state index in [9.17, 15) is 4.79 Å². The zero-order valence-corrected chi connectivity index (χ0v) is 14.2. The summed E-state index contributed by atoms with van der Waals surface area (Å²) in [5.41, 5.74) is 0.391. The molecule has 2 aliphatic carbocycles. The van der Waals surface area contributed by atoms with Gasteiger partial charge in [-0.15, -0.1) is 0 Å². The van der Waals surface area contributed by atoms with Crippen LogP contribution in [0, 0.1) is 11.3 Å². The van der Waals surface area contributed by atoms with Crippen molar-refractivity contribution in [3.63, 3.8) is 0 Å². The highest BCUT2D eigenvalue weighted by molar-refractivity contribution is 5.90. The average molecular weight is 326 g/mol. The Morgan fingerprint density at radius 3 is 2.65 bits per heavy atom. The first-order valence-electron chi connectivity index (χ1n) is 8.29. The molecular weight excluding hydrogens is 300 g/mol. The van der Waals surface area contributed by atoms with Crippen LogP contribution in [0.25, 0.3) is 0 Å². The van der Waals surface area contributed by atoms with Crippen molar-refractivity contribution < 1.29 is 28.5 Å². The highest BCUT2D eigenvalue weighted by Gasteiger charge is 2.61. The number of methoxy groups -OCH3 is 2. The van der Waals surface area contributed by atoms with Gasteiger partial charge in [0, 0.05) is 31.3 Å². The normalized spacial score (nSPS) is 32.7. The molecule has 0 unspecified atom stereocenters. The molecule has 0 aromatic heterocycles. The molecule has 2 atom stereocenters. The first-order chi connectivity index (χ1) is 11.1. The summed E-state index contributed by atoms with van der Waals surface area (Å²) in [7, 11) is 2.98. The Bertz CT molecular complexity index is 493. The van der Waals surface area contributed by atoms with Crippen LogP contribution in [0.5, 0.6) is 0 Å². The van der Waals surface area contributed by atoms with Crippen LogP contribution < -0.4 is 0 Å². The first kappa shape index (κ1) is 16.7. The molecule has 0 bridgehead atoms. The highest BCUT2D eigenvalue weighted by Crippen LogP contribution is 2.59. The number of rotatable bonds is 4. The summed E-state index contributed by atoms with van der Waals surface area (Å²) in [5.74, 6) is -0.192. The van der Waals surface area contributed by atoms with E-state index in [0.717, 1.165) is 25.7 Å². The van der Waals surface area contributed by atoms with Gasteiger partial charge in [-0.25, -0.2) is 4.79 Å². The van der Waals surface area contributed by atoms with Crippen LogP contribution in [-0.2, 0) is 28.5 Å². The maximum absolute atomic E-state index is 12.5. The van der Waals surface area contributed by atoms with E-state index in [4.69, 9.17) is 23.7 Å². The monoisotopic (exact) mass is 326 g/mol. The molecule has 1 heterocycles. The lowest BCUT2D eigenvalue weighted by molar-refractivity contribution is -0.268. The van der Waals surface area contributed by atoms with Crippen LogP contribution in [0.2, 0.25) is 0 Å². The summed E-state index contributed by atoms with van der Waals surface area (Å²) in [6.45, 7) is 3.55. The van der Waals surface area contributed by atoms with Gasteiger partial charge in [-0.3, -0.25) is 0 Å². The molecule has 0 aromatic carbocycles. The van der Waals surface area contributed by atoms with Crippen LogP contribution in [0.4, 0.5) is 0 Å². The zero-order chi connectivity index (χ0) is 16.5. The molecule has 3 aliphatic rings. The molecule has 6 nitrogen and oxygen atoms in total. The Kier molecular flexibility index (Phi) is 4.67. The van der Waals surface area contributed by atoms with Gasteiger partial charge in [-0.05, 0) is 19.3 Å². The van der Waals surface area contributed by atoms with Crippen LogP contribution in [0.15, 0.2) is 11.3 Å². The van der Waals surface area contributed by atoms with Gasteiger partial charge < -0.3 is 23.7 Å². The van der Waals surface area contributed by atoms with Crippen molar-refractivity contribution in [2.75, 3.05) is 34.2 Å². The first-order valence-corrected chi connectivity index (χ1v) is 8.29. The van der Waals surface area contributed by atoms with E-state index < -0.39 is 5.79 Å². The van der Waals surface area contributed by atoms with E-state index in [-0.39, 0.29) is 24.1 Å². The van der Waals surface area contributed by atoms with Crippen molar-refractivity contribution >= 4 is 5.97 Å². The number of hydrogen-bond donors (Lipinski definition) is 0. The molecule has 6 heteroatoms. The number of carbonyl (C=O) groups is 1. The molecule has 23 heavy (non-hydrogen) atoms. The lowest BCUT2D eigenvalue weighted by Gasteiger charge is -2.54. The fourth-order valence-corrected chi connectivity index (χ4v) is 4.51. The Morgan fingerprint density at radius 1 is 1.26 bits per heavy atom. The quantitative estimate of drug-likeness (QED) is 0.584. The summed E-state index contributed by atoms with van der Waals surface area (Å²) < 4.78 is 27.9. The number of fused-ring (bicyclic) bond motifs is 2. The van der Waals surface area contributed by atoms with E-state index >= 15 is 0 Å². The van der Waals surface area contributed by atoms with Gasteiger partial charge in [-0.1, -0.05) is 6.92 Å². The average Bonchev–Trinajstić information content (AvgIpc) is 3.03. The van der Waals surface area contributed by atoms with Crippen LogP contribution in [0.1, 0.15) is 39.0 Å². The Labute approximate surface area is 137 Å². The summed E-state index contributed by atoms with van der Waals surface area (Å²) in [6, 6.07) is 0. The lowest BCUT2D eigenvalue weighted by atomic mass is 9.56. The topological polar surface area (TPSA) is 63.2 Å². The Balaban J connectivity index is 1.99. The van der Waals surface area contributed by atoms with Gasteiger partial charge in [0.2, 0.25) is 0 Å². The number of allylic oxidation sites excluding steroid dienone is 1. The molecule has 3 rings (SSSR count). The minimum Gasteiger partial charge on any atom is -0.471 e. The van der Waals surface area contributed by atoms with Crippen LogP contribution in [0.3, 0.4) is 0 Å². The SMILES string of the molecule is COCOC1=C(C(=O)OC)[C@H]2CCCC3(OCCO3)[C@]2(C)CC1. The molecule has 130 valence electrons. The molecule has 1 spiro atoms. The maximum atomic E-state index is 12.5. The molecule has 1 aliphatic heterocycles. The molecule has 0 amide bonds. The van der Waals surface area contributed by atoms with Crippen molar-refractivity contribution in [3.05, 3.63) is 11.3 Å². The third-order valence-electron chi connectivity index (χ3n) is 5.67. The van der Waals surface area contributed by atoms with Gasteiger partial charge in [0.25, 0.3) is 0 Å². The van der Waals surface area contributed by atoms with E-state index in [1.165, 1.54) is 7.11 Å². The lowest BCUT2D eigenvalue weighted by Crippen LogP contribution is -2.57. The minimum absolute atomic E-state index is 0.0161. The minimum atomic E-state index is -0.581. The summed E-state index contributed by atoms with van der Waals surface area (Å²) >= 11 is 0. The zero-order valence-electron chi connectivity index (χ0n) is 14.2. The Hall–Kier alpha value is -1.11.